The average Bonchev–Trinajstić information content (AvgIpc) is 3.15. The lowest BCUT2D eigenvalue weighted by Gasteiger charge is -2.37. The Kier molecular flexibility index (Phi) is 6.04. The first-order valence-corrected chi connectivity index (χ1v) is 11.6. The number of rotatable bonds is 6. The molecule has 6 heteroatoms. The highest BCUT2D eigenvalue weighted by Crippen LogP contribution is 2.36. The van der Waals surface area contributed by atoms with Crippen molar-refractivity contribution in [3.05, 3.63) is 96.2 Å². The second kappa shape index (κ2) is 9.43. The molecular formula is C28H27N3O3. The first-order chi connectivity index (χ1) is 16.7. The summed E-state index contributed by atoms with van der Waals surface area (Å²) in [6.07, 6.45) is 0. The molecule has 1 fully saturated rings. The highest BCUT2D eigenvalue weighted by Gasteiger charge is 2.43. The number of benzene rings is 3. The number of nitrogens with zero attached hydrogens (tertiary/aromatic N) is 3. The number of amides is 2. The second-order valence-corrected chi connectivity index (χ2v) is 8.28. The van der Waals surface area contributed by atoms with Crippen LogP contribution in [0.15, 0.2) is 90.6 Å². The van der Waals surface area contributed by atoms with E-state index in [0.717, 1.165) is 18.7 Å². The van der Waals surface area contributed by atoms with E-state index in [-0.39, 0.29) is 11.8 Å². The van der Waals surface area contributed by atoms with E-state index >= 15 is 0 Å². The number of para-hydroxylation sites is 1. The Morgan fingerprint density at radius 2 is 1.32 bits per heavy atom. The van der Waals surface area contributed by atoms with Crippen molar-refractivity contribution in [1.29, 1.82) is 0 Å². The summed E-state index contributed by atoms with van der Waals surface area (Å²) in [6.45, 7) is 5.28. The molecule has 2 aliphatic rings. The van der Waals surface area contributed by atoms with Gasteiger partial charge in [0.2, 0.25) is 0 Å². The summed E-state index contributed by atoms with van der Waals surface area (Å²) in [5, 5.41) is 0. The molecule has 34 heavy (non-hydrogen) atoms. The van der Waals surface area contributed by atoms with E-state index in [1.165, 1.54) is 10.6 Å². The lowest BCUT2D eigenvalue weighted by atomic mass is 10.0. The molecule has 5 rings (SSSR count). The van der Waals surface area contributed by atoms with Crippen LogP contribution in [0.2, 0.25) is 0 Å². The summed E-state index contributed by atoms with van der Waals surface area (Å²) in [5.74, 6) is 0.0442. The lowest BCUT2D eigenvalue weighted by molar-refractivity contribution is -0.120. The van der Waals surface area contributed by atoms with Gasteiger partial charge in [-0.25, -0.2) is 4.90 Å². The fraction of sp³-hybridized carbons (Fsp3) is 0.214. The summed E-state index contributed by atoms with van der Waals surface area (Å²) < 4.78 is 5.61. The first-order valence-electron chi connectivity index (χ1n) is 11.6. The SMILES string of the molecule is CCOc1cccc(N2C(=O)C(c3ccccc3)=C(N3CCN(c4ccccc4)CC3)C2=O)c1. The van der Waals surface area contributed by atoms with Crippen molar-refractivity contribution in [3.8, 4) is 5.75 Å². The van der Waals surface area contributed by atoms with E-state index in [1.54, 1.807) is 18.2 Å². The quantitative estimate of drug-likeness (QED) is 0.524. The van der Waals surface area contributed by atoms with Crippen LogP contribution in [0.25, 0.3) is 5.57 Å². The van der Waals surface area contributed by atoms with Gasteiger partial charge in [-0.1, -0.05) is 54.6 Å². The Hall–Kier alpha value is -4.06. The van der Waals surface area contributed by atoms with E-state index in [1.807, 2.05) is 61.5 Å². The lowest BCUT2D eigenvalue weighted by Crippen LogP contribution is -2.47. The van der Waals surface area contributed by atoms with Crippen molar-refractivity contribution in [2.75, 3.05) is 42.6 Å². The van der Waals surface area contributed by atoms with Crippen molar-refractivity contribution < 1.29 is 14.3 Å². The number of anilines is 2. The zero-order valence-corrected chi connectivity index (χ0v) is 19.2. The molecule has 0 radical (unpaired) electrons. The van der Waals surface area contributed by atoms with Crippen molar-refractivity contribution in [3.63, 3.8) is 0 Å². The Bertz CT molecular complexity index is 1220. The van der Waals surface area contributed by atoms with Crippen molar-refractivity contribution in [2.24, 2.45) is 0 Å². The van der Waals surface area contributed by atoms with Crippen LogP contribution < -0.4 is 14.5 Å². The van der Waals surface area contributed by atoms with E-state index in [9.17, 15) is 9.59 Å². The zero-order valence-electron chi connectivity index (χ0n) is 19.2. The van der Waals surface area contributed by atoms with Crippen molar-refractivity contribution in [2.45, 2.75) is 6.92 Å². The van der Waals surface area contributed by atoms with E-state index in [4.69, 9.17) is 4.74 Å². The van der Waals surface area contributed by atoms with Gasteiger partial charge in [0.05, 0.1) is 17.9 Å². The number of carbonyl (C=O) groups excluding carboxylic acids is 2. The van der Waals surface area contributed by atoms with Gasteiger partial charge in [-0.2, -0.15) is 0 Å². The Labute approximate surface area is 199 Å². The zero-order chi connectivity index (χ0) is 23.5. The molecule has 3 aromatic carbocycles. The number of hydrogen-bond donors (Lipinski definition) is 0. The van der Waals surface area contributed by atoms with Gasteiger partial charge in [-0.3, -0.25) is 9.59 Å². The Morgan fingerprint density at radius 3 is 2.00 bits per heavy atom. The van der Waals surface area contributed by atoms with Gasteiger partial charge < -0.3 is 14.5 Å². The van der Waals surface area contributed by atoms with Crippen LogP contribution in [-0.2, 0) is 9.59 Å². The Balaban J connectivity index is 1.48. The van der Waals surface area contributed by atoms with Gasteiger partial charge in [0.25, 0.3) is 11.8 Å². The smallest absolute Gasteiger partial charge is 0.282 e. The van der Waals surface area contributed by atoms with Crippen LogP contribution in [0.5, 0.6) is 5.75 Å². The van der Waals surface area contributed by atoms with Gasteiger partial charge in [0, 0.05) is 37.9 Å². The van der Waals surface area contributed by atoms with Crippen molar-refractivity contribution >= 4 is 28.8 Å². The largest absolute Gasteiger partial charge is 0.494 e. The summed E-state index contributed by atoms with van der Waals surface area (Å²) in [7, 11) is 0. The van der Waals surface area contributed by atoms with Crippen LogP contribution in [0, 0.1) is 0 Å². The molecule has 0 saturated carbocycles. The molecule has 2 aliphatic heterocycles. The molecule has 0 N–H and O–H groups in total. The van der Waals surface area contributed by atoms with Crippen LogP contribution in [0.4, 0.5) is 11.4 Å². The van der Waals surface area contributed by atoms with Crippen LogP contribution in [-0.4, -0.2) is 49.5 Å². The number of carbonyl (C=O) groups is 2. The molecule has 0 atom stereocenters. The van der Waals surface area contributed by atoms with Gasteiger partial charge in [-0.15, -0.1) is 0 Å². The number of ether oxygens (including phenoxy) is 1. The molecule has 2 amide bonds. The van der Waals surface area contributed by atoms with Crippen LogP contribution in [0.1, 0.15) is 12.5 Å². The predicted molar refractivity (Wildman–Crippen MR) is 134 cm³/mol. The molecule has 2 heterocycles. The minimum absolute atomic E-state index is 0.286. The van der Waals surface area contributed by atoms with E-state index < -0.39 is 0 Å². The molecule has 0 bridgehead atoms. The molecule has 6 nitrogen and oxygen atoms in total. The monoisotopic (exact) mass is 453 g/mol. The third-order valence-electron chi connectivity index (χ3n) is 6.23. The fourth-order valence-corrected chi connectivity index (χ4v) is 4.62. The maximum atomic E-state index is 13.8. The topological polar surface area (TPSA) is 53.1 Å². The molecule has 0 aliphatic carbocycles. The van der Waals surface area contributed by atoms with Gasteiger partial charge in [-0.05, 0) is 36.8 Å². The Morgan fingerprint density at radius 1 is 0.706 bits per heavy atom. The van der Waals surface area contributed by atoms with Crippen LogP contribution in [0.3, 0.4) is 0 Å². The maximum absolute atomic E-state index is 13.8. The van der Waals surface area contributed by atoms with Crippen molar-refractivity contribution in [1.82, 2.24) is 4.90 Å². The second-order valence-electron chi connectivity index (χ2n) is 8.28. The normalized spacial score (nSPS) is 16.4. The average molecular weight is 454 g/mol. The van der Waals surface area contributed by atoms with Gasteiger partial charge in [0.1, 0.15) is 11.4 Å². The molecule has 3 aromatic rings. The summed E-state index contributed by atoms with van der Waals surface area (Å²) in [4.78, 5) is 33.1. The predicted octanol–water partition coefficient (Wildman–Crippen LogP) is 4.19. The molecule has 1 saturated heterocycles. The third-order valence-corrected chi connectivity index (χ3v) is 6.23. The molecular weight excluding hydrogens is 426 g/mol. The minimum Gasteiger partial charge on any atom is -0.494 e. The third kappa shape index (κ3) is 4.03. The molecule has 172 valence electrons. The highest BCUT2D eigenvalue weighted by atomic mass is 16.5. The fourth-order valence-electron chi connectivity index (χ4n) is 4.62. The number of imide groups is 1. The van der Waals surface area contributed by atoms with E-state index in [0.29, 0.717) is 42.4 Å². The highest BCUT2D eigenvalue weighted by molar-refractivity contribution is 6.45. The minimum atomic E-state index is -0.301. The maximum Gasteiger partial charge on any atom is 0.282 e. The standard InChI is InChI=1S/C28H27N3O3/c1-2-34-24-15-9-14-23(20-24)31-27(32)25(21-10-5-3-6-11-21)26(28(31)33)30-18-16-29(17-19-30)22-12-7-4-8-13-22/h3-15,20H,2,16-19H2,1H3. The van der Waals surface area contributed by atoms with E-state index in [2.05, 4.69) is 21.9 Å². The van der Waals surface area contributed by atoms with Crippen LogP contribution >= 0.6 is 0 Å². The molecule has 0 unspecified atom stereocenters. The number of piperazine rings is 1. The number of hydrogen-bond acceptors (Lipinski definition) is 5. The van der Waals surface area contributed by atoms with Gasteiger partial charge in [0.15, 0.2) is 0 Å². The van der Waals surface area contributed by atoms with Gasteiger partial charge >= 0.3 is 0 Å². The summed E-state index contributed by atoms with van der Waals surface area (Å²) in [5.41, 5.74) is 3.38. The molecule has 0 spiro atoms. The first kappa shape index (κ1) is 21.8. The summed E-state index contributed by atoms with van der Waals surface area (Å²) in [6, 6.07) is 26.9. The summed E-state index contributed by atoms with van der Waals surface area (Å²) >= 11 is 0. The molecule has 0 aromatic heterocycles.